The van der Waals surface area contributed by atoms with Crippen LogP contribution in [0.25, 0.3) is 0 Å². The molecule has 0 saturated heterocycles. The first-order valence-electron chi connectivity index (χ1n) is 5.10. The van der Waals surface area contributed by atoms with Crippen LogP contribution in [0.4, 0.5) is 0 Å². The molecule has 0 aromatic carbocycles. The summed E-state index contributed by atoms with van der Waals surface area (Å²) in [7, 11) is 5.03. The molecular formula is C10H19N2O3PS. The van der Waals surface area contributed by atoms with Crippen LogP contribution in [0.2, 0.25) is 0 Å². The average Bonchev–Trinajstić information content (AvgIpc) is 2.26. The van der Waals surface area contributed by atoms with Crippen LogP contribution < -0.4 is 0 Å². The Hall–Kier alpha value is -0.870. The summed E-state index contributed by atoms with van der Waals surface area (Å²) in [6.45, 7) is 3.58. The number of ether oxygens (including phenoxy) is 1. The summed E-state index contributed by atoms with van der Waals surface area (Å²) in [4.78, 5) is 12.8. The first kappa shape index (κ1) is 16.1. The lowest BCUT2D eigenvalue weighted by Crippen LogP contribution is -2.08. The summed E-state index contributed by atoms with van der Waals surface area (Å²) in [6.07, 6.45) is 1.23. The van der Waals surface area contributed by atoms with Gasteiger partial charge in [-0.15, -0.1) is 0 Å². The van der Waals surface area contributed by atoms with Gasteiger partial charge in [-0.3, -0.25) is 0 Å². The van der Waals surface area contributed by atoms with Gasteiger partial charge in [-0.2, -0.15) is 0 Å². The van der Waals surface area contributed by atoms with Gasteiger partial charge in [0.25, 0.3) is 0 Å². The molecule has 0 aliphatic carbocycles. The number of rotatable bonds is 6. The molecule has 0 spiro atoms. The number of allylic oxidation sites excluding steroid dienone is 1. The van der Waals surface area contributed by atoms with Crippen molar-refractivity contribution in [1.29, 1.82) is 0 Å². The largest absolute Gasteiger partial charge is 0.466 e. The van der Waals surface area contributed by atoms with E-state index in [1.165, 1.54) is 13.2 Å². The molecule has 17 heavy (non-hydrogen) atoms. The van der Waals surface area contributed by atoms with Gasteiger partial charge in [-0.25, -0.2) is 9.56 Å². The average molecular weight is 278 g/mol. The zero-order chi connectivity index (χ0) is 13.5. The minimum absolute atomic E-state index is 0.429. The first-order chi connectivity index (χ1) is 7.83. The van der Waals surface area contributed by atoms with Crippen LogP contribution >= 0.6 is 6.42 Å². The number of carbonyl (C=O) groups excluding carboxylic acids is 1. The maximum Gasteiger partial charge on any atom is 0.333 e. The van der Waals surface area contributed by atoms with E-state index in [-0.39, 0.29) is 0 Å². The van der Waals surface area contributed by atoms with Gasteiger partial charge in [0, 0.05) is 20.3 Å². The van der Waals surface area contributed by atoms with E-state index in [0.717, 1.165) is 0 Å². The summed E-state index contributed by atoms with van der Waals surface area (Å²) in [6, 6.07) is 0. The van der Waals surface area contributed by atoms with Crippen molar-refractivity contribution in [1.82, 2.24) is 4.90 Å². The number of nitrogens with zero attached hydrogens (tertiary/aromatic N) is 2. The summed E-state index contributed by atoms with van der Waals surface area (Å²) in [5, 5.41) is 0. The zero-order valence-electron chi connectivity index (χ0n) is 10.8. The van der Waals surface area contributed by atoms with Crippen LogP contribution in [0.15, 0.2) is 16.6 Å². The molecule has 0 aromatic rings. The molecule has 0 aliphatic heterocycles. The summed E-state index contributed by atoms with van der Waals surface area (Å²) >= 11 is 5.36. The van der Waals surface area contributed by atoms with Gasteiger partial charge in [0.2, 0.25) is 6.42 Å². The third-order valence-corrected chi connectivity index (χ3v) is 4.78. The van der Waals surface area contributed by atoms with Gasteiger partial charge < -0.3 is 14.2 Å². The van der Waals surface area contributed by atoms with E-state index < -0.39 is 12.4 Å². The fraction of sp³-hybridized carbons (Fsp3) is 0.600. The molecule has 5 nitrogen and oxygen atoms in total. The van der Waals surface area contributed by atoms with Crippen molar-refractivity contribution in [2.24, 2.45) is 4.76 Å². The van der Waals surface area contributed by atoms with Crippen molar-refractivity contribution < 1.29 is 14.1 Å². The van der Waals surface area contributed by atoms with Crippen LogP contribution in [0.1, 0.15) is 13.8 Å². The van der Waals surface area contributed by atoms with E-state index in [0.29, 0.717) is 11.9 Å². The highest BCUT2D eigenvalue weighted by atomic mass is 32.4. The second-order valence-corrected chi connectivity index (χ2v) is 7.55. The lowest BCUT2D eigenvalue weighted by molar-refractivity contribution is -0.135. The van der Waals surface area contributed by atoms with Crippen LogP contribution in [0.3, 0.4) is 0 Å². The van der Waals surface area contributed by atoms with Crippen molar-refractivity contribution >= 4 is 30.5 Å². The predicted molar refractivity (Wildman–Crippen MR) is 73.9 cm³/mol. The van der Waals surface area contributed by atoms with E-state index in [2.05, 4.69) is 9.50 Å². The summed E-state index contributed by atoms with van der Waals surface area (Å²) < 4.78 is 14.3. The fourth-order valence-corrected chi connectivity index (χ4v) is 2.51. The van der Waals surface area contributed by atoms with Gasteiger partial charge >= 0.3 is 5.97 Å². The van der Waals surface area contributed by atoms with Crippen molar-refractivity contribution in [3.8, 4) is 0 Å². The normalized spacial score (nSPS) is 15.5. The third-order valence-electron chi connectivity index (χ3n) is 1.67. The SMILES string of the molecule is CCP(=S)(N=CN(C)C)OC(C)=CC(=O)OC. The predicted octanol–water partition coefficient (Wildman–Crippen LogP) is 2.00. The molecule has 1 unspecified atom stereocenters. The second kappa shape index (κ2) is 7.45. The maximum absolute atomic E-state index is 11.0. The van der Waals surface area contributed by atoms with Crippen LogP contribution in [-0.4, -0.2) is 44.6 Å². The molecule has 0 N–H and O–H groups in total. The van der Waals surface area contributed by atoms with Gasteiger partial charge in [0.1, 0.15) is 5.76 Å². The van der Waals surface area contributed by atoms with Gasteiger partial charge in [-0.05, 0) is 18.7 Å². The molecule has 1 atom stereocenters. The molecule has 0 bridgehead atoms. The minimum atomic E-state index is -2.29. The van der Waals surface area contributed by atoms with Gasteiger partial charge in [0.05, 0.1) is 19.5 Å². The Morgan fingerprint density at radius 1 is 1.53 bits per heavy atom. The zero-order valence-corrected chi connectivity index (χ0v) is 12.5. The first-order valence-corrected chi connectivity index (χ1v) is 7.96. The Kier molecular flexibility index (Phi) is 7.07. The van der Waals surface area contributed by atoms with Crippen molar-refractivity contribution in [3.63, 3.8) is 0 Å². The third kappa shape index (κ3) is 7.13. The highest BCUT2D eigenvalue weighted by Crippen LogP contribution is 2.50. The van der Waals surface area contributed by atoms with E-state index in [9.17, 15) is 4.79 Å². The van der Waals surface area contributed by atoms with Crippen molar-refractivity contribution in [2.75, 3.05) is 27.4 Å². The van der Waals surface area contributed by atoms with Crippen LogP contribution in [-0.2, 0) is 25.9 Å². The number of hydrogen-bond donors (Lipinski definition) is 0. The standard InChI is InChI=1S/C10H19N2O3PS/c1-6-16(17,11-8-12(3)4)15-9(2)7-10(13)14-5/h7-8H,6H2,1-5H3. The highest BCUT2D eigenvalue weighted by Gasteiger charge is 2.15. The molecule has 0 aliphatic rings. The quantitative estimate of drug-likeness (QED) is 0.186. The van der Waals surface area contributed by atoms with Crippen molar-refractivity contribution in [3.05, 3.63) is 11.8 Å². The van der Waals surface area contributed by atoms with Crippen LogP contribution in [0.5, 0.6) is 0 Å². The molecule has 7 heteroatoms. The second-order valence-electron chi connectivity index (χ2n) is 3.52. The topological polar surface area (TPSA) is 51.1 Å². The monoisotopic (exact) mass is 278 g/mol. The molecule has 0 heterocycles. The Balaban J connectivity index is 4.75. The van der Waals surface area contributed by atoms with Gasteiger partial charge in [-0.1, -0.05) is 6.92 Å². The highest BCUT2D eigenvalue weighted by molar-refractivity contribution is 8.11. The van der Waals surface area contributed by atoms with Gasteiger partial charge in [0.15, 0.2) is 0 Å². The maximum atomic E-state index is 11.0. The number of methoxy groups -OCH3 is 1. The fourth-order valence-electron chi connectivity index (χ4n) is 0.828. The number of hydrogen-bond acceptors (Lipinski definition) is 4. The molecule has 0 rings (SSSR count). The molecule has 0 saturated carbocycles. The van der Waals surface area contributed by atoms with E-state index in [1.807, 2.05) is 21.0 Å². The van der Waals surface area contributed by atoms with Crippen molar-refractivity contribution in [2.45, 2.75) is 13.8 Å². The molecule has 98 valence electrons. The minimum Gasteiger partial charge on any atom is -0.466 e. The molecule has 0 radical (unpaired) electrons. The smallest absolute Gasteiger partial charge is 0.333 e. The Morgan fingerprint density at radius 2 is 2.12 bits per heavy atom. The molecule has 0 amide bonds. The molecule has 0 aromatic heterocycles. The Morgan fingerprint density at radius 3 is 2.53 bits per heavy atom. The Labute approximate surface area is 108 Å². The lowest BCUT2D eigenvalue weighted by atomic mass is 10.5. The number of carbonyl (C=O) groups is 1. The molecular weight excluding hydrogens is 259 g/mol. The number of esters is 1. The van der Waals surface area contributed by atoms with E-state index in [1.54, 1.807) is 18.2 Å². The van der Waals surface area contributed by atoms with E-state index >= 15 is 0 Å². The Bertz CT molecular complexity index is 367. The lowest BCUT2D eigenvalue weighted by Gasteiger charge is -2.18. The van der Waals surface area contributed by atoms with E-state index in [4.69, 9.17) is 16.3 Å². The molecule has 0 fully saturated rings. The summed E-state index contributed by atoms with van der Waals surface area (Å²) in [5.41, 5.74) is 0. The summed E-state index contributed by atoms with van der Waals surface area (Å²) in [5.74, 6) is -0.0327. The van der Waals surface area contributed by atoms with Crippen LogP contribution in [0, 0.1) is 0 Å².